The second kappa shape index (κ2) is 11.8. The number of aliphatic hydroxyl groups is 3. The Bertz CT molecular complexity index is 1170. The molecule has 1 aliphatic rings. The molecule has 198 valence electrons. The van der Waals surface area contributed by atoms with Crippen LogP contribution in [-0.2, 0) is 27.3 Å². The van der Waals surface area contributed by atoms with Gasteiger partial charge in [-0.1, -0.05) is 48.5 Å². The van der Waals surface area contributed by atoms with Gasteiger partial charge < -0.3 is 47.1 Å². The van der Waals surface area contributed by atoms with Crippen LogP contribution in [0.25, 0.3) is 10.9 Å². The van der Waals surface area contributed by atoms with E-state index in [-0.39, 0.29) is 19.5 Å². The lowest BCUT2D eigenvalue weighted by atomic mass is 9.91. The van der Waals surface area contributed by atoms with Crippen LogP contribution in [0.5, 0.6) is 0 Å². The van der Waals surface area contributed by atoms with E-state index >= 15 is 0 Å². The molecule has 2 heterocycles. The monoisotopic (exact) mass is 511 g/mol. The Kier molecular flexibility index (Phi) is 8.54. The zero-order valence-electron chi connectivity index (χ0n) is 20.2. The number of ether oxygens (including phenoxy) is 1. The number of aromatic amines is 1. The van der Waals surface area contributed by atoms with E-state index in [1.54, 1.807) is 0 Å². The van der Waals surface area contributed by atoms with Gasteiger partial charge in [0.2, 0.25) is 11.8 Å². The SMILES string of the molecule is NCC1O[C@@H](C(N)C(=O)N[C@@H](Cc2cc3ccccc3[nH]2)C(=O)NCc2ccccc2)C(O)[C@@H](O)[C@@H]1O. The quantitative estimate of drug-likeness (QED) is 0.172. The number of para-hydroxylation sites is 1. The van der Waals surface area contributed by atoms with Crippen molar-refractivity contribution in [1.82, 2.24) is 15.6 Å². The molecule has 11 nitrogen and oxygen atoms in total. The first kappa shape index (κ1) is 26.7. The van der Waals surface area contributed by atoms with Crippen LogP contribution in [0.2, 0.25) is 0 Å². The Balaban J connectivity index is 1.50. The maximum atomic E-state index is 13.2. The van der Waals surface area contributed by atoms with E-state index in [0.29, 0.717) is 0 Å². The predicted molar refractivity (Wildman–Crippen MR) is 136 cm³/mol. The Labute approximate surface area is 213 Å². The summed E-state index contributed by atoms with van der Waals surface area (Å²) in [7, 11) is 0. The van der Waals surface area contributed by atoms with Gasteiger partial charge in [0.15, 0.2) is 0 Å². The number of amides is 2. The largest absolute Gasteiger partial charge is 0.388 e. The number of nitrogens with two attached hydrogens (primary N) is 2. The molecule has 0 saturated carbocycles. The molecular weight excluding hydrogens is 478 g/mol. The van der Waals surface area contributed by atoms with Crippen LogP contribution in [0.3, 0.4) is 0 Å². The third-order valence-corrected chi connectivity index (χ3v) is 6.59. The fraction of sp³-hybridized carbons (Fsp3) is 0.385. The van der Waals surface area contributed by atoms with Crippen LogP contribution in [-0.4, -0.2) is 81.3 Å². The van der Waals surface area contributed by atoms with E-state index in [4.69, 9.17) is 16.2 Å². The number of carbonyl (C=O) groups excluding carboxylic acids is 2. The highest BCUT2D eigenvalue weighted by molar-refractivity contribution is 5.90. The number of H-pyrrole nitrogens is 1. The molecule has 2 amide bonds. The molecule has 4 rings (SSSR count). The van der Waals surface area contributed by atoms with Crippen LogP contribution in [0.4, 0.5) is 0 Å². The standard InChI is InChI=1S/C26H33N5O6/c27-12-19-21(32)22(33)23(34)24(37-19)20(28)26(36)31-18(25(35)29-13-14-6-2-1-3-7-14)11-16-10-15-8-4-5-9-17(15)30-16/h1-10,18-24,30,32-34H,11-13,27-28H2,(H,29,35)(H,31,36)/t18-,19?,20?,21+,22-,23?,24-/m0/s1. The topological polar surface area (TPSA) is 196 Å². The van der Waals surface area contributed by atoms with Gasteiger partial charge in [0.05, 0.1) is 6.10 Å². The molecule has 37 heavy (non-hydrogen) atoms. The van der Waals surface area contributed by atoms with Crippen molar-refractivity contribution >= 4 is 22.7 Å². The molecule has 1 aromatic heterocycles. The van der Waals surface area contributed by atoms with E-state index in [1.807, 2.05) is 60.7 Å². The third kappa shape index (κ3) is 6.16. The van der Waals surface area contributed by atoms with Crippen LogP contribution in [0.15, 0.2) is 60.7 Å². The molecule has 1 saturated heterocycles. The minimum absolute atomic E-state index is 0.147. The summed E-state index contributed by atoms with van der Waals surface area (Å²) in [5.74, 6) is -1.19. The lowest BCUT2D eigenvalue weighted by Gasteiger charge is -2.42. The van der Waals surface area contributed by atoms with Gasteiger partial charge in [0.1, 0.15) is 36.5 Å². The van der Waals surface area contributed by atoms with Gasteiger partial charge in [-0.2, -0.15) is 0 Å². The average Bonchev–Trinajstić information content (AvgIpc) is 3.33. The van der Waals surface area contributed by atoms with Crippen molar-refractivity contribution in [3.63, 3.8) is 0 Å². The molecule has 1 fully saturated rings. The molecule has 3 aromatic rings. The Hall–Kier alpha value is -3.32. The maximum Gasteiger partial charge on any atom is 0.243 e. The lowest BCUT2D eigenvalue weighted by molar-refractivity contribution is -0.223. The lowest BCUT2D eigenvalue weighted by Crippen LogP contribution is -2.66. The van der Waals surface area contributed by atoms with Crippen molar-refractivity contribution in [1.29, 1.82) is 0 Å². The van der Waals surface area contributed by atoms with Crippen molar-refractivity contribution in [3.05, 3.63) is 71.9 Å². The minimum atomic E-state index is -1.63. The second-order valence-corrected chi connectivity index (χ2v) is 9.22. The van der Waals surface area contributed by atoms with Gasteiger partial charge in [-0.3, -0.25) is 9.59 Å². The van der Waals surface area contributed by atoms with E-state index in [9.17, 15) is 24.9 Å². The smallest absolute Gasteiger partial charge is 0.243 e. The first-order valence-corrected chi connectivity index (χ1v) is 12.1. The van der Waals surface area contributed by atoms with E-state index < -0.39 is 54.4 Å². The molecule has 3 unspecified atom stereocenters. The molecule has 1 aliphatic heterocycles. The number of fused-ring (bicyclic) bond motifs is 1. The number of hydrogen-bond donors (Lipinski definition) is 8. The van der Waals surface area contributed by atoms with Crippen molar-refractivity contribution in [2.24, 2.45) is 11.5 Å². The van der Waals surface area contributed by atoms with Gasteiger partial charge in [0, 0.05) is 30.7 Å². The summed E-state index contributed by atoms with van der Waals surface area (Å²) in [4.78, 5) is 29.6. The van der Waals surface area contributed by atoms with Crippen molar-refractivity contribution < 1.29 is 29.6 Å². The summed E-state index contributed by atoms with van der Waals surface area (Å²) in [6.07, 6.45) is -6.86. The summed E-state index contributed by atoms with van der Waals surface area (Å²) in [5, 5.41) is 37.0. The van der Waals surface area contributed by atoms with Crippen LogP contribution in [0, 0.1) is 0 Å². The number of aliphatic hydroxyl groups excluding tert-OH is 3. The molecule has 7 atom stereocenters. The zero-order valence-corrected chi connectivity index (χ0v) is 20.2. The highest BCUT2D eigenvalue weighted by atomic mass is 16.5. The number of aromatic nitrogens is 1. The van der Waals surface area contributed by atoms with Crippen molar-refractivity contribution in [2.45, 2.75) is 55.6 Å². The predicted octanol–water partition coefficient (Wildman–Crippen LogP) is -1.35. The van der Waals surface area contributed by atoms with Crippen LogP contribution in [0.1, 0.15) is 11.3 Å². The van der Waals surface area contributed by atoms with Gasteiger partial charge in [0.25, 0.3) is 0 Å². The average molecular weight is 512 g/mol. The van der Waals surface area contributed by atoms with E-state index in [1.165, 1.54) is 0 Å². The maximum absolute atomic E-state index is 13.2. The number of carbonyl (C=O) groups is 2. The van der Waals surface area contributed by atoms with Crippen molar-refractivity contribution in [2.75, 3.05) is 6.54 Å². The summed E-state index contributed by atoms with van der Waals surface area (Å²) in [6, 6.07) is 16.4. The molecular formula is C26H33N5O6. The van der Waals surface area contributed by atoms with Gasteiger partial charge in [-0.15, -0.1) is 0 Å². The molecule has 0 aliphatic carbocycles. The van der Waals surface area contributed by atoms with Gasteiger partial charge >= 0.3 is 0 Å². The number of nitrogens with one attached hydrogen (secondary N) is 3. The normalized spacial score (nSPS) is 25.4. The molecule has 0 radical (unpaired) electrons. The van der Waals surface area contributed by atoms with E-state index in [0.717, 1.165) is 22.2 Å². The second-order valence-electron chi connectivity index (χ2n) is 9.22. The summed E-state index contributed by atoms with van der Waals surface area (Å²) < 4.78 is 5.54. The number of rotatable bonds is 9. The first-order valence-electron chi connectivity index (χ1n) is 12.1. The minimum Gasteiger partial charge on any atom is -0.388 e. The summed E-state index contributed by atoms with van der Waals surface area (Å²) in [6.45, 7) is 0.109. The first-order chi connectivity index (χ1) is 17.8. The Morgan fingerprint density at radius 2 is 1.68 bits per heavy atom. The molecule has 0 spiro atoms. The van der Waals surface area contributed by atoms with E-state index in [2.05, 4.69) is 15.6 Å². The number of benzene rings is 2. The highest BCUT2D eigenvalue weighted by Crippen LogP contribution is 2.23. The number of hydrogen-bond acceptors (Lipinski definition) is 8. The Morgan fingerprint density at radius 3 is 2.38 bits per heavy atom. The van der Waals surface area contributed by atoms with Crippen LogP contribution >= 0.6 is 0 Å². The Morgan fingerprint density at radius 1 is 0.973 bits per heavy atom. The molecule has 11 heteroatoms. The molecule has 10 N–H and O–H groups in total. The van der Waals surface area contributed by atoms with Gasteiger partial charge in [-0.05, 0) is 23.1 Å². The van der Waals surface area contributed by atoms with Crippen LogP contribution < -0.4 is 22.1 Å². The molecule has 0 bridgehead atoms. The van der Waals surface area contributed by atoms with Crippen molar-refractivity contribution in [3.8, 4) is 0 Å². The summed E-state index contributed by atoms with van der Waals surface area (Å²) >= 11 is 0. The third-order valence-electron chi connectivity index (χ3n) is 6.59. The molecule has 2 aromatic carbocycles. The van der Waals surface area contributed by atoms with Gasteiger partial charge in [-0.25, -0.2) is 0 Å². The fourth-order valence-electron chi connectivity index (χ4n) is 4.47. The highest BCUT2D eigenvalue weighted by Gasteiger charge is 2.47. The zero-order chi connectivity index (χ0) is 26.5. The summed E-state index contributed by atoms with van der Waals surface area (Å²) in [5.41, 5.74) is 14.2. The fourth-order valence-corrected chi connectivity index (χ4v) is 4.47.